The van der Waals surface area contributed by atoms with Gasteiger partial charge in [-0.3, -0.25) is 14.4 Å². The van der Waals surface area contributed by atoms with Crippen molar-refractivity contribution in [2.45, 2.75) is 27.2 Å². The first kappa shape index (κ1) is 20.3. The molecule has 3 amide bonds. The van der Waals surface area contributed by atoms with Crippen molar-refractivity contribution in [3.05, 3.63) is 64.7 Å². The molecule has 6 nitrogen and oxygen atoms in total. The standard InChI is InChI=1S/C20H20ClN3O3/c1-13(2)22-23-18(25)12-19(26)24(15-10-8-14(3)9-11-15)20(27)16-6-4-5-7-17(16)21/h4-11H,12H2,1-3H3,(H,23,25). The van der Waals surface area contributed by atoms with Crippen LogP contribution in [0.1, 0.15) is 36.2 Å². The Labute approximate surface area is 162 Å². The Morgan fingerprint density at radius 3 is 2.26 bits per heavy atom. The van der Waals surface area contributed by atoms with Crippen molar-refractivity contribution in [2.75, 3.05) is 4.90 Å². The third-order valence-corrected chi connectivity index (χ3v) is 3.89. The molecule has 2 aromatic carbocycles. The van der Waals surface area contributed by atoms with Crippen LogP contribution in [0.15, 0.2) is 53.6 Å². The highest BCUT2D eigenvalue weighted by Gasteiger charge is 2.27. The summed E-state index contributed by atoms with van der Waals surface area (Å²) in [6, 6.07) is 13.3. The number of hydrazone groups is 1. The van der Waals surface area contributed by atoms with Crippen molar-refractivity contribution in [2.24, 2.45) is 5.10 Å². The van der Waals surface area contributed by atoms with Gasteiger partial charge in [-0.2, -0.15) is 5.10 Å². The first-order valence-electron chi connectivity index (χ1n) is 8.28. The normalized spacial score (nSPS) is 10.1. The highest BCUT2D eigenvalue weighted by molar-refractivity contribution is 6.36. The van der Waals surface area contributed by atoms with Crippen LogP contribution in [0.3, 0.4) is 0 Å². The molecule has 0 unspecified atom stereocenters. The molecule has 2 rings (SSSR count). The molecule has 0 atom stereocenters. The van der Waals surface area contributed by atoms with E-state index in [0.29, 0.717) is 11.4 Å². The molecule has 140 valence electrons. The molecule has 0 spiro atoms. The van der Waals surface area contributed by atoms with Crippen LogP contribution >= 0.6 is 11.6 Å². The van der Waals surface area contributed by atoms with Gasteiger partial charge in [0.1, 0.15) is 6.42 Å². The fraction of sp³-hybridized carbons (Fsp3) is 0.200. The second-order valence-corrected chi connectivity index (χ2v) is 6.53. The van der Waals surface area contributed by atoms with Crippen LogP contribution in [0.2, 0.25) is 5.02 Å². The van der Waals surface area contributed by atoms with Gasteiger partial charge in [0.25, 0.3) is 5.91 Å². The van der Waals surface area contributed by atoms with Crippen LogP contribution in [-0.2, 0) is 9.59 Å². The predicted molar refractivity (Wildman–Crippen MR) is 106 cm³/mol. The molecule has 0 aromatic heterocycles. The maximum atomic E-state index is 13.0. The van der Waals surface area contributed by atoms with Gasteiger partial charge in [-0.25, -0.2) is 10.3 Å². The van der Waals surface area contributed by atoms with E-state index in [1.807, 2.05) is 6.92 Å². The summed E-state index contributed by atoms with van der Waals surface area (Å²) in [4.78, 5) is 38.7. The summed E-state index contributed by atoms with van der Waals surface area (Å²) in [6.07, 6.45) is -0.527. The maximum absolute atomic E-state index is 13.0. The first-order valence-corrected chi connectivity index (χ1v) is 8.65. The quantitative estimate of drug-likeness (QED) is 0.484. The van der Waals surface area contributed by atoms with E-state index in [0.717, 1.165) is 10.5 Å². The number of halogens is 1. The van der Waals surface area contributed by atoms with Crippen LogP contribution in [0, 0.1) is 6.92 Å². The van der Waals surface area contributed by atoms with Crippen molar-refractivity contribution in [3.63, 3.8) is 0 Å². The zero-order valence-electron chi connectivity index (χ0n) is 15.3. The van der Waals surface area contributed by atoms with E-state index in [4.69, 9.17) is 11.6 Å². The van der Waals surface area contributed by atoms with Crippen molar-refractivity contribution in [1.29, 1.82) is 0 Å². The second-order valence-electron chi connectivity index (χ2n) is 6.12. The molecule has 0 fully saturated rings. The topological polar surface area (TPSA) is 78.8 Å². The molecular weight excluding hydrogens is 366 g/mol. The Balaban J connectivity index is 2.35. The fourth-order valence-corrected chi connectivity index (χ4v) is 2.47. The summed E-state index contributed by atoms with van der Waals surface area (Å²) in [7, 11) is 0. The molecule has 1 N–H and O–H groups in total. The van der Waals surface area contributed by atoms with E-state index in [1.54, 1.807) is 56.3 Å². The van der Waals surface area contributed by atoms with E-state index in [1.165, 1.54) is 6.07 Å². The second kappa shape index (κ2) is 9.09. The molecule has 0 bridgehead atoms. The number of aryl methyl sites for hydroxylation is 1. The molecule has 0 aliphatic carbocycles. The average molecular weight is 386 g/mol. The number of nitrogens with one attached hydrogen (secondary N) is 1. The summed E-state index contributed by atoms with van der Waals surface area (Å²) in [5.41, 5.74) is 4.43. The molecule has 7 heteroatoms. The van der Waals surface area contributed by atoms with Gasteiger partial charge in [-0.1, -0.05) is 41.4 Å². The Bertz CT molecular complexity index is 888. The van der Waals surface area contributed by atoms with Crippen LogP contribution in [-0.4, -0.2) is 23.4 Å². The number of hydrogen-bond donors (Lipinski definition) is 1. The number of rotatable bonds is 5. The first-order chi connectivity index (χ1) is 12.8. The van der Waals surface area contributed by atoms with E-state index in [9.17, 15) is 14.4 Å². The summed E-state index contributed by atoms with van der Waals surface area (Å²) >= 11 is 6.12. The van der Waals surface area contributed by atoms with E-state index in [2.05, 4.69) is 10.5 Å². The largest absolute Gasteiger partial charge is 0.273 e. The fourth-order valence-electron chi connectivity index (χ4n) is 2.25. The Hall–Kier alpha value is -2.99. The Morgan fingerprint density at radius 2 is 1.67 bits per heavy atom. The molecule has 0 heterocycles. The number of imide groups is 1. The number of hydrogen-bond acceptors (Lipinski definition) is 4. The average Bonchev–Trinajstić information content (AvgIpc) is 2.62. The van der Waals surface area contributed by atoms with Gasteiger partial charge >= 0.3 is 0 Å². The lowest BCUT2D eigenvalue weighted by Gasteiger charge is -2.21. The number of carbonyl (C=O) groups excluding carboxylic acids is 3. The van der Waals surface area contributed by atoms with E-state index < -0.39 is 24.1 Å². The molecular formula is C20H20ClN3O3. The molecule has 27 heavy (non-hydrogen) atoms. The molecule has 2 aromatic rings. The number of benzene rings is 2. The van der Waals surface area contributed by atoms with Crippen LogP contribution in [0.5, 0.6) is 0 Å². The van der Waals surface area contributed by atoms with Gasteiger partial charge in [-0.05, 0) is 45.0 Å². The molecule has 0 aliphatic heterocycles. The zero-order valence-corrected chi connectivity index (χ0v) is 16.1. The number of carbonyl (C=O) groups is 3. The van der Waals surface area contributed by atoms with Crippen molar-refractivity contribution in [1.82, 2.24) is 5.43 Å². The minimum absolute atomic E-state index is 0.177. The number of anilines is 1. The van der Waals surface area contributed by atoms with Crippen molar-refractivity contribution < 1.29 is 14.4 Å². The number of nitrogens with zero attached hydrogens (tertiary/aromatic N) is 2. The summed E-state index contributed by atoms with van der Waals surface area (Å²) in [5.74, 6) is -1.88. The Kier molecular flexibility index (Phi) is 6.85. The molecule has 0 saturated heterocycles. The molecule has 0 saturated carbocycles. The minimum Gasteiger partial charge on any atom is -0.273 e. The Morgan fingerprint density at radius 1 is 1.04 bits per heavy atom. The van der Waals surface area contributed by atoms with E-state index >= 15 is 0 Å². The van der Waals surface area contributed by atoms with Gasteiger partial charge in [0, 0.05) is 5.71 Å². The third kappa shape index (κ3) is 5.49. The molecule has 0 radical (unpaired) electrons. The predicted octanol–water partition coefficient (Wildman–Crippen LogP) is 3.72. The van der Waals surface area contributed by atoms with Crippen molar-refractivity contribution >= 4 is 40.7 Å². The SMILES string of the molecule is CC(C)=NNC(=O)CC(=O)N(C(=O)c1ccccc1Cl)c1ccc(C)cc1. The maximum Gasteiger partial charge on any atom is 0.266 e. The highest BCUT2D eigenvalue weighted by atomic mass is 35.5. The van der Waals surface area contributed by atoms with Crippen molar-refractivity contribution in [3.8, 4) is 0 Å². The van der Waals surface area contributed by atoms with Gasteiger partial charge in [0.15, 0.2) is 0 Å². The minimum atomic E-state index is -0.676. The van der Waals surface area contributed by atoms with Crippen LogP contribution in [0.25, 0.3) is 0 Å². The lowest BCUT2D eigenvalue weighted by molar-refractivity contribution is -0.127. The summed E-state index contributed by atoms with van der Waals surface area (Å²) in [6.45, 7) is 5.31. The zero-order chi connectivity index (χ0) is 20.0. The van der Waals surface area contributed by atoms with Gasteiger partial charge in [0.2, 0.25) is 11.8 Å². The summed E-state index contributed by atoms with van der Waals surface area (Å²) < 4.78 is 0. The smallest absolute Gasteiger partial charge is 0.266 e. The van der Waals surface area contributed by atoms with Gasteiger partial charge in [-0.15, -0.1) is 0 Å². The molecule has 0 aliphatic rings. The van der Waals surface area contributed by atoms with E-state index in [-0.39, 0.29) is 10.6 Å². The monoisotopic (exact) mass is 385 g/mol. The van der Waals surface area contributed by atoms with Gasteiger partial charge in [0.05, 0.1) is 16.3 Å². The van der Waals surface area contributed by atoms with Gasteiger partial charge < -0.3 is 0 Å². The third-order valence-electron chi connectivity index (χ3n) is 3.56. The lowest BCUT2D eigenvalue weighted by Crippen LogP contribution is -2.39. The lowest BCUT2D eigenvalue weighted by atomic mass is 10.1. The summed E-state index contributed by atoms with van der Waals surface area (Å²) in [5, 5.41) is 4.00. The van der Waals surface area contributed by atoms with Crippen LogP contribution in [0.4, 0.5) is 5.69 Å². The highest BCUT2D eigenvalue weighted by Crippen LogP contribution is 2.23. The number of amides is 3. The van der Waals surface area contributed by atoms with Crippen LogP contribution < -0.4 is 10.3 Å².